The lowest BCUT2D eigenvalue weighted by Crippen LogP contribution is -2.02. The van der Waals surface area contributed by atoms with Crippen LogP contribution in [0.25, 0.3) is 11.1 Å². The van der Waals surface area contributed by atoms with Gasteiger partial charge in [-0.15, -0.1) is 0 Å². The van der Waals surface area contributed by atoms with Crippen LogP contribution in [0, 0.1) is 5.82 Å². The maximum absolute atomic E-state index is 13.6. The molecule has 0 amide bonds. The standard InChI is InChI=1S/C16H15FO3/c17-14-4-2-1-3-13(14)11-5-7-12(8-6-11)15(18)9-10-16(19)20/h1-8,15,18H,9-10H2,(H,19,20). The molecule has 0 aromatic heterocycles. The number of rotatable bonds is 5. The molecular formula is C16H15FO3. The zero-order valence-corrected chi connectivity index (χ0v) is 10.8. The molecule has 0 aliphatic carbocycles. The maximum Gasteiger partial charge on any atom is 0.303 e. The highest BCUT2D eigenvalue weighted by molar-refractivity contribution is 5.67. The summed E-state index contributed by atoms with van der Waals surface area (Å²) in [5, 5.41) is 18.4. The molecule has 0 spiro atoms. The van der Waals surface area contributed by atoms with E-state index in [4.69, 9.17) is 5.11 Å². The maximum atomic E-state index is 13.6. The summed E-state index contributed by atoms with van der Waals surface area (Å²) >= 11 is 0. The van der Waals surface area contributed by atoms with Gasteiger partial charge in [-0.1, -0.05) is 42.5 Å². The number of aliphatic hydroxyl groups is 1. The van der Waals surface area contributed by atoms with Crippen LogP contribution < -0.4 is 0 Å². The fourth-order valence-electron chi connectivity index (χ4n) is 2.01. The van der Waals surface area contributed by atoms with Gasteiger partial charge < -0.3 is 10.2 Å². The quantitative estimate of drug-likeness (QED) is 0.878. The molecule has 4 heteroatoms. The monoisotopic (exact) mass is 274 g/mol. The van der Waals surface area contributed by atoms with Gasteiger partial charge in [0.05, 0.1) is 6.10 Å². The van der Waals surface area contributed by atoms with E-state index < -0.39 is 12.1 Å². The van der Waals surface area contributed by atoms with Crippen LogP contribution in [-0.4, -0.2) is 16.2 Å². The smallest absolute Gasteiger partial charge is 0.303 e. The van der Waals surface area contributed by atoms with E-state index >= 15 is 0 Å². The number of carboxylic acids is 1. The number of hydrogen-bond acceptors (Lipinski definition) is 2. The van der Waals surface area contributed by atoms with Gasteiger partial charge in [-0.25, -0.2) is 4.39 Å². The molecule has 2 aromatic carbocycles. The van der Waals surface area contributed by atoms with Crippen molar-refractivity contribution in [1.29, 1.82) is 0 Å². The summed E-state index contributed by atoms with van der Waals surface area (Å²) in [6.45, 7) is 0. The molecule has 0 saturated carbocycles. The summed E-state index contributed by atoms with van der Waals surface area (Å²) in [5.74, 6) is -1.24. The first kappa shape index (κ1) is 14.2. The number of hydrogen-bond donors (Lipinski definition) is 2. The van der Waals surface area contributed by atoms with E-state index in [1.807, 2.05) is 0 Å². The molecule has 2 rings (SSSR count). The lowest BCUT2D eigenvalue weighted by atomic mass is 10.00. The van der Waals surface area contributed by atoms with Gasteiger partial charge in [0.2, 0.25) is 0 Å². The van der Waals surface area contributed by atoms with Crippen LogP contribution in [-0.2, 0) is 4.79 Å². The average molecular weight is 274 g/mol. The summed E-state index contributed by atoms with van der Waals surface area (Å²) in [5.41, 5.74) is 1.85. The fraction of sp³-hybridized carbons (Fsp3) is 0.188. The third-order valence-electron chi connectivity index (χ3n) is 3.11. The topological polar surface area (TPSA) is 57.5 Å². The molecule has 0 heterocycles. The highest BCUT2D eigenvalue weighted by Gasteiger charge is 2.10. The first-order valence-corrected chi connectivity index (χ1v) is 6.32. The number of benzene rings is 2. The predicted molar refractivity (Wildman–Crippen MR) is 73.7 cm³/mol. The van der Waals surface area contributed by atoms with Crippen LogP contribution in [0.4, 0.5) is 4.39 Å². The Hall–Kier alpha value is -2.20. The first-order valence-electron chi connectivity index (χ1n) is 6.32. The van der Waals surface area contributed by atoms with E-state index in [1.165, 1.54) is 6.07 Å². The summed E-state index contributed by atoms with van der Waals surface area (Å²) < 4.78 is 13.6. The van der Waals surface area contributed by atoms with Gasteiger partial charge in [0, 0.05) is 12.0 Å². The van der Waals surface area contributed by atoms with Crippen molar-refractivity contribution in [2.24, 2.45) is 0 Å². The van der Waals surface area contributed by atoms with E-state index in [0.29, 0.717) is 11.1 Å². The van der Waals surface area contributed by atoms with Crippen LogP contribution in [0.5, 0.6) is 0 Å². The second-order valence-electron chi connectivity index (χ2n) is 4.55. The molecule has 2 aromatic rings. The van der Waals surface area contributed by atoms with Gasteiger partial charge in [0.15, 0.2) is 0 Å². The van der Waals surface area contributed by atoms with Crippen molar-refractivity contribution in [3.8, 4) is 11.1 Å². The summed E-state index contributed by atoms with van der Waals surface area (Å²) in [6, 6.07) is 13.3. The van der Waals surface area contributed by atoms with Crippen molar-refractivity contribution in [2.75, 3.05) is 0 Å². The minimum Gasteiger partial charge on any atom is -0.481 e. The molecule has 20 heavy (non-hydrogen) atoms. The Balaban J connectivity index is 2.14. The highest BCUT2D eigenvalue weighted by atomic mass is 19.1. The molecule has 1 unspecified atom stereocenters. The SMILES string of the molecule is O=C(O)CCC(O)c1ccc(-c2ccccc2F)cc1. The highest BCUT2D eigenvalue weighted by Crippen LogP contribution is 2.25. The average Bonchev–Trinajstić information content (AvgIpc) is 2.45. The zero-order chi connectivity index (χ0) is 14.5. The third-order valence-corrected chi connectivity index (χ3v) is 3.11. The van der Waals surface area contributed by atoms with E-state index in [0.717, 1.165) is 5.56 Å². The second kappa shape index (κ2) is 6.30. The molecule has 0 fully saturated rings. The minimum atomic E-state index is -0.938. The van der Waals surface area contributed by atoms with E-state index in [-0.39, 0.29) is 18.7 Å². The molecule has 3 nitrogen and oxygen atoms in total. The fourth-order valence-corrected chi connectivity index (χ4v) is 2.01. The number of carboxylic acid groups (broad SMARTS) is 1. The zero-order valence-electron chi connectivity index (χ0n) is 10.8. The Morgan fingerprint density at radius 1 is 1.10 bits per heavy atom. The van der Waals surface area contributed by atoms with E-state index in [1.54, 1.807) is 42.5 Å². The lowest BCUT2D eigenvalue weighted by Gasteiger charge is -2.10. The molecule has 0 aliphatic rings. The second-order valence-corrected chi connectivity index (χ2v) is 4.55. The van der Waals surface area contributed by atoms with Crippen molar-refractivity contribution in [1.82, 2.24) is 0 Å². The van der Waals surface area contributed by atoms with Gasteiger partial charge in [0.25, 0.3) is 0 Å². The van der Waals surface area contributed by atoms with Crippen LogP contribution in [0.15, 0.2) is 48.5 Å². The summed E-state index contributed by atoms with van der Waals surface area (Å²) in [6.07, 6.45) is -0.745. The molecule has 0 saturated heterocycles. The van der Waals surface area contributed by atoms with Crippen molar-refractivity contribution in [2.45, 2.75) is 18.9 Å². The third kappa shape index (κ3) is 3.42. The molecule has 104 valence electrons. The molecular weight excluding hydrogens is 259 g/mol. The van der Waals surface area contributed by atoms with E-state index in [2.05, 4.69) is 0 Å². The molecule has 1 atom stereocenters. The summed E-state index contributed by atoms with van der Waals surface area (Å²) in [7, 11) is 0. The van der Waals surface area contributed by atoms with Crippen molar-refractivity contribution < 1.29 is 19.4 Å². The Morgan fingerprint density at radius 2 is 1.75 bits per heavy atom. The van der Waals surface area contributed by atoms with Crippen molar-refractivity contribution >= 4 is 5.97 Å². The van der Waals surface area contributed by atoms with Gasteiger partial charge in [-0.05, 0) is 23.6 Å². The molecule has 0 bridgehead atoms. The van der Waals surface area contributed by atoms with Crippen molar-refractivity contribution in [3.05, 3.63) is 59.9 Å². The van der Waals surface area contributed by atoms with E-state index in [9.17, 15) is 14.3 Å². The van der Waals surface area contributed by atoms with Gasteiger partial charge in [0.1, 0.15) is 5.82 Å². The Labute approximate surface area is 116 Å². The number of aliphatic hydroxyl groups excluding tert-OH is 1. The number of aliphatic carboxylic acids is 1. The van der Waals surface area contributed by atoms with Crippen LogP contribution in [0.1, 0.15) is 24.5 Å². The lowest BCUT2D eigenvalue weighted by molar-refractivity contribution is -0.137. The normalized spacial score (nSPS) is 12.1. The largest absolute Gasteiger partial charge is 0.481 e. The van der Waals surface area contributed by atoms with Crippen LogP contribution in [0.3, 0.4) is 0 Å². The minimum absolute atomic E-state index is 0.0871. The molecule has 0 radical (unpaired) electrons. The first-order chi connectivity index (χ1) is 9.58. The number of carbonyl (C=O) groups is 1. The van der Waals surface area contributed by atoms with Crippen LogP contribution in [0.2, 0.25) is 0 Å². The molecule has 0 aliphatic heterocycles. The molecule has 2 N–H and O–H groups in total. The summed E-state index contributed by atoms with van der Waals surface area (Å²) in [4.78, 5) is 10.5. The van der Waals surface area contributed by atoms with Gasteiger partial charge >= 0.3 is 5.97 Å². The Bertz CT molecular complexity index is 593. The van der Waals surface area contributed by atoms with Gasteiger partial charge in [-0.3, -0.25) is 4.79 Å². The van der Waals surface area contributed by atoms with Crippen LogP contribution >= 0.6 is 0 Å². The Morgan fingerprint density at radius 3 is 2.35 bits per heavy atom. The Kier molecular flexibility index (Phi) is 4.48. The predicted octanol–water partition coefficient (Wildman–Crippen LogP) is 3.39. The van der Waals surface area contributed by atoms with Crippen molar-refractivity contribution in [3.63, 3.8) is 0 Å². The number of halogens is 1. The van der Waals surface area contributed by atoms with Gasteiger partial charge in [-0.2, -0.15) is 0 Å².